The van der Waals surface area contributed by atoms with Crippen molar-refractivity contribution in [1.82, 2.24) is 0 Å². The molecule has 35 heavy (non-hydrogen) atoms. The third-order valence-corrected chi connectivity index (χ3v) is 9.78. The Bertz CT molecular complexity index is 1010. The minimum atomic E-state index is -2.75. The summed E-state index contributed by atoms with van der Waals surface area (Å²) in [6.07, 6.45) is 2.96. The first-order valence-electron chi connectivity index (χ1n) is 12.6. The molecule has 4 aliphatic carbocycles. The van der Waals surface area contributed by atoms with Crippen molar-refractivity contribution in [3.05, 3.63) is 23.8 Å². The maximum atomic E-state index is 17.4. The number of fused-ring (bicyclic) bond motifs is 5. The quantitative estimate of drug-likeness (QED) is 0.546. The van der Waals surface area contributed by atoms with Crippen LogP contribution in [0.15, 0.2) is 23.8 Å². The second kappa shape index (κ2) is 8.30. The van der Waals surface area contributed by atoms with Gasteiger partial charge in [-0.3, -0.25) is 14.4 Å². The SMILES string of the molecule is CCCCC(=O)O[C@]1(C(=O)CO)[C@@H](C)C[C@@H]2[C@]1(C)C[C@H](O)[C@]1(F)[C@@]3(C)C=CC(=O)C=C3CC[C@@]21F. The number of Topliss-reactive ketones (excluding diaryl/α,β-unsaturated/α-hetero) is 1. The molecule has 8 heteroatoms. The van der Waals surface area contributed by atoms with Crippen LogP contribution in [0.1, 0.15) is 72.6 Å². The standard InChI is InChI=1S/C27H36F2O6/c1-5-6-7-22(34)35-26(21(33)15-30)16(2)12-19-24(26,4)14-20(32)27(29)23(3)10-9-18(31)13-17(23)8-11-25(19,27)28/h9-10,13,16,19-20,30,32H,5-8,11-12,14-15H2,1-4H3/t16-,19+,20-,23-,24-,25+,26-,27-/m0/s1. The number of hydrogen-bond acceptors (Lipinski definition) is 6. The molecule has 4 aliphatic rings. The zero-order valence-corrected chi connectivity index (χ0v) is 20.9. The van der Waals surface area contributed by atoms with Crippen LogP contribution in [-0.4, -0.2) is 57.4 Å². The molecule has 6 nitrogen and oxygen atoms in total. The molecule has 0 amide bonds. The predicted octanol–water partition coefficient (Wildman–Crippen LogP) is 3.73. The first-order valence-corrected chi connectivity index (χ1v) is 12.6. The van der Waals surface area contributed by atoms with Crippen molar-refractivity contribution >= 4 is 17.5 Å². The normalized spacial score (nSPS) is 46.3. The van der Waals surface area contributed by atoms with Crippen LogP contribution in [0.5, 0.6) is 0 Å². The summed E-state index contributed by atoms with van der Waals surface area (Å²) in [5.74, 6) is -3.44. The summed E-state index contributed by atoms with van der Waals surface area (Å²) in [7, 11) is 0. The number of ketones is 2. The van der Waals surface area contributed by atoms with Gasteiger partial charge in [-0.25, -0.2) is 8.78 Å². The third kappa shape index (κ3) is 3.08. The highest BCUT2D eigenvalue weighted by Gasteiger charge is 2.83. The number of aliphatic hydroxyl groups is 2. The summed E-state index contributed by atoms with van der Waals surface area (Å²) >= 11 is 0. The molecule has 0 heterocycles. The van der Waals surface area contributed by atoms with Gasteiger partial charge in [0.05, 0.1) is 6.10 Å². The molecule has 0 aliphatic heterocycles. The Kier molecular flexibility index (Phi) is 6.20. The molecular weight excluding hydrogens is 458 g/mol. The lowest BCUT2D eigenvalue weighted by atomic mass is 9.43. The minimum Gasteiger partial charge on any atom is -0.450 e. The van der Waals surface area contributed by atoms with Crippen molar-refractivity contribution in [2.45, 2.75) is 95.7 Å². The fourth-order valence-electron chi connectivity index (χ4n) is 8.06. The van der Waals surface area contributed by atoms with E-state index < -0.39 is 64.1 Å². The fourth-order valence-corrected chi connectivity index (χ4v) is 8.06. The molecule has 2 N–H and O–H groups in total. The summed E-state index contributed by atoms with van der Waals surface area (Å²) < 4.78 is 40.5. The van der Waals surface area contributed by atoms with Crippen LogP contribution < -0.4 is 0 Å². The van der Waals surface area contributed by atoms with Gasteiger partial charge in [-0.05, 0) is 51.2 Å². The number of halogens is 2. The highest BCUT2D eigenvalue weighted by atomic mass is 19.2. The lowest BCUT2D eigenvalue weighted by molar-refractivity contribution is -0.267. The second-order valence-electron chi connectivity index (χ2n) is 11.4. The lowest BCUT2D eigenvalue weighted by Gasteiger charge is -2.65. The van der Waals surface area contributed by atoms with E-state index in [0.717, 1.165) is 6.42 Å². The average Bonchev–Trinajstić information content (AvgIpc) is 3.03. The van der Waals surface area contributed by atoms with Crippen LogP contribution in [0.3, 0.4) is 0 Å². The van der Waals surface area contributed by atoms with Gasteiger partial charge in [0, 0.05) is 29.1 Å². The monoisotopic (exact) mass is 494 g/mol. The Morgan fingerprint density at radius 1 is 1.26 bits per heavy atom. The molecule has 0 aromatic rings. The van der Waals surface area contributed by atoms with Crippen LogP contribution >= 0.6 is 0 Å². The number of alkyl halides is 2. The maximum Gasteiger partial charge on any atom is 0.306 e. The van der Waals surface area contributed by atoms with E-state index in [4.69, 9.17) is 4.74 Å². The van der Waals surface area contributed by atoms with Gasteiger partial charge in [0.25, 0.3) is 0 Å². The lowest BCUT2D eigenvalue weighted by Crippen LogP contribution is -2.76. The molecule has 0 saturated heterocycles. The molecule has 3 saturated carbocycles. The van der Waals surface area contributed by atoms with Gasteiger partial charge >= 0.3 is 5.97 Å². The molecule has 0 radical (unpaired) electrons. The van der Waals surface area contributed by atoms with Crippen molar-refractivity contribution in [2.75, 3.05) is 6.61 Å². The van der Waals surface area contributed by atoms with Gasteiger partial charge in [-0.2, -0.15) is 0 Å². The number of allylic oxidation sites excluding steroid dienone is 4. The molecule has 0 spiro atoms. The topological polar surface area (TPSA) is 101 Å². The third-order valence-electron chi connectivity index (χ3n) is 9.78. The van der Waals surface area contributed by atoms with Crippen LogP contribution in [0.25, 0.3) is 0 Å². The number of aliphatic hydroxyl groups excluding tert-OH is 2. The molecule has 194 valence electrons. The number of esters is 1. The largest absolute Gasteiger partial charge is 0.450 e. The van der Waals surface area contributed by atoms with E-state index in [9.17, 15) is 24.6 Å². The van der Waals surface area contributed by atoms with Gasteiger partial charge in [0.15, 0.2) is 22.7 Å². The summed E-state index contributed by atoms with van der Waals surface area (Å²) in [5, 5.41) is 21.3. The van der Waals surface area contributed by atoms with Gasteiger partial charge in [0.1, 0.15) is 6.61 Å². The van der Waals surface area contributed by atoms with Crippen LogP contribution in [0.4, 0.5) is 8.78 Å². The molecule has 0 aromatic heterocycles. The Morgan fingerprint density at radius 3 is 2.57 bits per heavy atom. The van der Waals surface area contributed by atoms with E-state index in [1.165, 1.54) is 25.2 Å². The van der Waals surface area contributed by atoms with Crippen molar-refractivity contribution < 1.29 is 38.1 Å². The van der Waals surface area contributed by atoms with E-state index in [-0.39, 0.29) is 37.9 Å². The minimum absolute atomic E-state index is 0.0515. The Morgan fingerprint density at radius 2 is 1.94 bits per heavy atom. The number of hydrogen-bond donors (Lipinski definition) is 2. The molecule has 0 aromatic carbocycles. The number of carbonyl (C=O) groups excluding carboxylic acids is 3. The maximum absolute atomic E-state index is 17.4. The van der Waals surface area contributed by atoms with Crippen LogP contribution in [0, 0.1) is 22.7 Å². The smallest absolute Gasteiger partial charge is 0.306 e. The number of ether oxygens (including phenoxy) is 1. The molecule has 0 bridgehead atoms. The van der Waals surface area contributed by atoms with Crippen molar-refractivity contribution in [1.29, 1.82) is 0 Å². The highest BCUT2D eigenvalue weighted by Crippen LogP contribution is 2.74. The van der Waals surface area contributed by atoms with E-state index in [2.05, 4.69) is 0 Å². The zero-order valence-electron chi connectivity index (χ0n) is 20.9. The second-order valence-corrected chi connectivity index (χ2v) is 11.4. The van der Waals surface area contributed by atoms with Crippen LogP contribution in [-0.2, 0) is 19.1 Å². The average molecular weight is 495 g/mol. The Balaban J connectivity index is 1.86. The number of carbonyl (C=O) groups is 3. The van der Waals surface area contributed by atoms with Crippen molar-refractivity contribution in [2.24, 2.45) is 22.7 Å². The van der Waals surface area contributed by atoms with Gasteiger partial charge in [-0.15, -0.1) is 0 Å². The number of rotatable bonds is 6. The highest BCUT2D eigenvalue weighted by molar-refractivity contribution is 6.01. The van der Waals surface area contributed by atoms with Crippen LogP contribution in [0.2, 0.25) is 0 Å². The number of unbranched alkanes of at least 4 members (excludes halogenated alkanes) is 1. The summed E-state index contributed by atoms with van der Waals surface area (Å²) in [5.41, 5.74) is -9.73. The summed E-state index contributed by atoms with van der Waals surface area (Å²) in [6.45, 7) is 5.74. The van der Waals surface area contributed by atoms with E-state index >= 15 is 8.78 Å². The summed E-state index contributed by atoms with van der Waals surface area (Å²) in [6, 6.07) is 0. The molecule has 8 atom stereocenters. The van der Waals surface area contributed by atoms with E-state index in [1.54, 1.807) is 13.8 Å². The first-order chi connectivity index (χ1) is 16.3. The van der Waals surface area contributed by atoms with Crippen molar-refractivity contribution in [3.63, 3.8) is 0 Å². The Hall–Kier alpha value is -1.93. The summed E-state index contributed by atoms with van der Waals surface area (Å²) in [4.78, 5) is 38.1. The van der Waals surface area contributed by atoms with Gasteiger partial charge < -0.3 is 14.9 Å². The molecule has 4 rings (SSSR count). The van der Waals surface area contributed by atoms with Gasteiger partial charge in [0.2, 0.25) is 5.78 Å². The van der Waals surface area contributed by atoms with Gasteiger partial charge in [-0.1, -0.05) is 38.8 Å². The molecular formula is C27H36F2O6. The predicted molar refractivity (Wildman–Crippen MR) is 124 cm³/mol. The fraction of sp³-hybridized carbons (Fsp3) is 0.741. The Labute approximate surface area is 204 Å². The first kappa shape index (κ1) is 26.1. The van der Waals surface area contributed by atoms with E-state index in [0.29, 0.717) is 12.0 Å². The molecule has 3 fully saturated rings. The zero-order chi connectivity index (χ0) is 26.0. The van der Waals surface area contributed by atoms with Crippen molar-refractivity contribution in [3.8, 4) is 0 Å². The van der Waals surface area contributed by atoms with E-state index in [1.807, 2.05) is 6.92 Å². The molecule has 0 unspecified atom stereocenters.